The van der Waals surface area contributed by atoms with Gasteiger partial charge in [0.05, 0.1) is 29.5 Å². The number of aromatic amines is 1. The number of nitrogens with one attached hydrogen (secondary N) is 1. The number of nitrogens with zero attached hydrogens (tertiary/aromatic N) is 2. The van der Waals surface area contributed by atoms with Crippen LogP contribution in [0.3, 0.4) is 0 Å². The summed E-state index contributed by atoms with van der Waals surface area (Å²) in [6.45, 7) is 5.48. The Labute approximate surface area is 140 Å². The first kappa shape index (κ1) is 16.6. The number of fused-ring (bicyclic) bond motifs is 1. The summed E-state index contributed by atoms with van der Waals surface area (Å²) in [5, 5.41) is 0.560. The zero-order valence-corrected chi connectivity index (χ0v) is 14.1. The summed E-state index contributed by atoms with van der Waals surface area (Å²) in [6.07, 6.45) is 1.69. The Kier molecular flexibility index (Phi) is 4.94. The van der Waals surface area contributed by atoms with Crippen LogP contribution in [0.4, 0.5) is 0 Å². The van der Waals surface area contributed by atoms with Gasteiger partial charge < -0.3 is 14.6 Å². The van der Waals surface area contributed by atoms with Crippen LogP contribution < -0.4 is 5.56 Å². The first-order valence-electron chi connectivity index (χ1n) is 8.48. The van der Waals surface area contributed by atoms with Gasteiger partial charge in [-0.2, -0.15) is 0 Å². The maximum absolute atomic E-state index is 12.8. The highest BCUT2D eigenvalue weighted by Gasteiger charge is 2.31. The molecule has 1 amide bonds. The van der Waals surface area contributed by atoms with Gasteiger partial charge in [-0.3, -0.25) is 9.59 Å². The predicted octanol–water partition coefficient (Wildman–Crippen LogP) is 2.09. The lowest BCUT2D eigenvalue weighted by atomic mass is 9.94. The van der Waals surface area contributed by atoms with Crippen molar-refractivity contribution in [3.05, 3.63) is 40.4 Å². The van der Waals surface area contributed by atoms with Crippen molar-refractivity contribution in [3.63, 3.8) is 0 Å². The Morgan fingerprint density at radius 3 is 2.96 bits per heavy atom. The minimum Gasteiger partial charge on any atom is -0.378 e. The van der Waals surface area contributed by atoms with Gasteiger partial charge in [0.2, 0.25) is 5.91 Å². The van der Waals surface area contributed by atoms with E-state index in [1.54, 1.807) is 11.0 Å². The summed E-state index contributed by atoms with van der Waals surface area (Å²) in [7, 11) is 0. The van der Waals surface area contributed by atoms with E-state index in [1.165, 1.54) is 0 Å². The van der Waals surface area contributed by atoms with E-state index in [4.69, 9.17) is 4.74 Å². The maximum atomic E-state index is 12.8. The Balaban J connectivity index is 1.82. The van der Waals surface area contributed by atoms with E-state index in [0.717, 1.165) is 19.4 Å². The van der Waals surface area contributed by atoms with Crippen molar-refractivity contribution in [2.75, 3.05) is 13.2 Å². The number of rotatable bonds is 4. The van der Waals surface area contributed by atoms with Crippen molar-refractivity contribution in [1.82, 2.24) is 14.9 Å². The van der Waals surface area contributed by atoms with Crippen LogP contribution in [0.2, 0.25) is 0 Å². The summed E-state index contributed by atoms with van der Waals surface area (Å²) in [4.78, 5) is 34.0. The molecular formula is C18H23N3O3. The third kappa shape index (κ3) is 3.33. The van der Waals surface area contributed by atoms with Crippen molar-refractivity contribution in [2.45, 2.75) is 39.3 Å². The molecule has 0 bridgehead atoms. The number of hydrogen-bond donors (Lipinski definition) is 1. The van der Waals surface area contributed by atoms with E-state index in [0.29, 0.717) is 29.8 Å². The Morgan fingerprint density at radius 2 is 2.21 bits per heavy atom. The topological polar surface area (TPSA) is 75.3 Å². The highest BCUT2D eigenvalue weighted by Crippen LogP contribution is 2.23. The lowest BCUT2D eigenvalue weighted by molar-refractivity contribution is -0.144. The number of para-hydroxylation sites is 1. The maximum Gasteiger partial charge on any atom is 0.258 e. The van der Waals surface area contributed by atoms with Gasteiger partial charge in [-0.25, -0.2) is 4.98 Å². The largest absolute Gasteiger partial charge is 0.378 e. The molecule has 3 rings (SSSR count). The number of amides is 1. The molecule has 24 heavy (non-hydrogen) atoms. The normalized spacial score (nSPS) is 20.9. The van der Waals surface area contributed by atoms with Gasteiger partial charge in [0, 0.05) is 13.2 Å². The third-order valence-corrected chi connectivity index (χ3v) is 4.62. The molecule has 1 aromatic heterocycles. The van der Waals surface area contributed by atoms with Gasteiger partial charge in [0.25, 0.3) is 5.56 Å². The molecule has 1 N–H and O–H groups in total. The number of carbonyl (C=O) groups excluding carboxylic acids is 1. The quantitative estimate of drug-likeness (QED) is 0.932. The fourth-order valence-electron chi connectivity index (χ4n) is 3.22. The van der Waals surface area contributed by atoms with E-state index in [-0.39, 0.29) is 23.5 Å². The summed E-state index contributed by atoms with van der Waals surface area (Å²) in [5.74, 6) is 0.463. The van der Waals surface area contributed by atoms with E-state index in [9.17, 15) is 9.59 Å². The second-order valence-corrected chi connectivity index (χ2v) is 6.21. The van der Waals surface area contributed by atoms with Crippen LogP contribution in [0.1, 0.15) is 32.5 Å². The lowest BCUT2D eigenvalue weighted by Crippen LogP contribution is -2.43. The Hall–Kier alpha value is -2.21. The molecule has 1 aromatic carbocycles. The molecule has 2 atom stereocenters. The van der Waals surface area contributed by atoms with E-state index in [1.807, 2.05) is 32.0 Å². The molecule has 1 saturated heterocycles. The van der Waals surface area contributed by atoms with Crippen molar-refractivity contribution in [2.24, 2.45) is 5.92 Å². The van der Waals surface area contributed by atoms with Gasteiger partial charge in [-0.1, -0.05) is 12.1 Å². The molecule has 1 fully saturated rings. The number of aromatic nitrogens is 2. The first-order chi connectivity index (χ1) is 11.6. The molecule has 0 saturated carbocycles. The molecule has 128 valence electrons. The summed E-state index contributed by atoms with van der Waals surface area (Å²) in [6, 6.07) is 7.21. The molecule has 2 aromatic rings. The van der Waals surface area contributed by atoms with Gasteiger partial charge in [0.15, 0.2) is 0 Å². The SMILES string of the molecule is CCN(Cc1nc2ccccc2c(=O)[nH]1)C(=O)[C@H]1CCCO[C@H]1C. The average molecular weight is 329 g/mol. The smallest absolute Gasteiger partial charge is 0.258 e. The van der Waals surface area contributed by atoms with Crippen molar-refractivity contribution in [1.29, 1.82) is 0 Å². The molecule has 0 unspecified atom stereocenters. The van der Waals surface area contributed by atoms with Crippen LogP contribution in [-0.2, 0) is 16.1 Å². The lowest BCUT2D eigenvalue weighted by Gasteiger charge is -2.32. The van der Waals surface area contributed by atoms with E-state index >= 15 is 0 Å². The van der Waals surface area contributed by atoms with Crippen LogP contribution in [0.15, 0.2) is 29.1 Å². The summed E-state index contributed by atoms with van der Waals surface area (Å²) < 4.78 is 5.61. The Morgan fingerprint density at radius 1 is 1.42 bits per heavy atom. The first-order valence-corrected chi connectivity index (χ1v) is 8.48. The fourth-order valence-corrected chi connectivity index (χ4v) is 3.22. The highest BCUT2D eigenvalue weighted by atomic mass is 16.5. The van der Waals surface area contributed by atoms with Crippen molar-refractivity contribution >= 4 is 16.8 Å². The summed E-state index contributed by atoms with van der Waals surface area (Å²) in [5.41, 5.74) is 0.475. The molecule has 1 aliphatic heterocycles. The monoisotopic (exact) mass is 329 g/mol. The van der Waals surface area contributed by atoms with Crippen LogP contribution in [0.5, 0.6) is 0 Å². The minimum absolute atomic E-state index is 0.0658. The van der Waals surface area contributed by atoms with Crippen LogP contribution in [0.25, 0.3) is 10.9 Å². The minimum atomic E-state index is -0.173. The molecule has 1 aliphatic rings. The van der Waals surface area contributed by atoms with Gasteiger partial charge in [-0.05, 0) is 38.8 Å². The zero-order valence-electron chi connectivity index (χ0n) is 14.1. The fraction of sp³-hybridized carbons (Fsp3) is 0.500. The molecule has 0 aliphatic carbocycles. The predicted molar refractivity (Wildman–Crippen MR) is 91.6 cm³/mol. The molecule has 6 heteroatoms. The van der Waals surface area contributed by atoms with Crippen LogP contribution >= 0.6 is 0 Å². The molecular weight excluding hydrogens is 306 g/mol. The number of hydrogen-bond acceptors (Lipinski definition) is 4. The molecule has 0 spiro atoms. The number of benzene rings is 1. The van der Waals surface area contributed by atoms with Crippen LogP contribution in [0, 0.1) is 5.92 Å². The summed E-state index contributed by atoms with van der Waals surface area (Å²) >= 11 is 0. The average Bonchev–Trinajstić information content (AvgIpc) is 2.59. The standard InChI is InChI=1S/C18H23N3O3/c1-3-21(18(23)13-8-6-10-24-12(13)2)11-16-19-15-9-5-4-7-14(15)17(22)20-16/h4-5,7,9,12-13H,3,6,8,10-11H2,1-2H3,(H,19,20,22)/t12-,13-/m0/s1. The van der Waals surface area contributed by atoms with Crippen molar-refractivity contribution in [3.8, 4) is 0 Å². The molecule has 2 heterocycles. The molecule has 0 radical (unpaired) electrons. The third-order valence-electron chi connectivity index (χ3n) is 4.62. The number of ether oxygens (including phenoxy) is 1. The number of H-pyrrole nitrogens is 1. The zero-order chi connectivity index (χ0) is 17.1. The van der Waals surface area contributed by atoms with Gasteiger partial charge in [-0.15, -0.1) is 0 Å². The van der Waals surface area contributed by atoms with Crippen LogP contribution in [-0.4, -0.2) is 40.0 Å². The highest BCUT2D eigenvalue weighted by molar-refractivity contribution is 5.80. The van der Waals surface area contributed by atoms with Crippen molar-refractivity contribution < 1.29 is 9.53 Å². The Bertz CT molecular complexity index is 786. The van der Waals surface area contributed by atoms with Gasteiger partial charge in [0.1, 0.15) is 5.82 Å². The second-order valence-electron chi connectivity index (χ2n) is 6.21. The van der Waals surface area contributed by atoms with E-state index in [2.05, 4.69) is 9.97 Å². The second kappa shape index (κ2) is 7.13. The van der Waals surface area contributed by atoms with E-state index < -0.39 is 0 Å². The van der Waals surface area contributed by atoms with Gasteiger partial charge >= 0.3 is 0 Å². The molecule has 6 nitrogen and oxygen atoms in total. The number of carbonyl (C=O) groups is 1.